The van der Waals surface area contributed by atoms with Crippen LogP contribution < -0.4 is 15.2 Å². The van der Waals surface area contributed by atoms with Crippen LogP contribution >= 0.6 is 0 Å². The summed E-state index contributed by atoms with van der Waals surface area (Å²) in [6.45, 7) is 4.30. The zero-order valence-electron chi connectivity index (χ0n) is 11.0. The van der Waals surface area contributed by atoms with Gasteiger partial charge in [0.2, 0.25) is 0 Å². The lowest BCUT2D eigenvalue weighted by Gasteiger charge is -2.09. The fraction of sp³-hybridized carbons (Fsp3) is 0.429. The van der Waals surface area contributed by atoms with Crippen LogP contribution in [-0.2, 0) is 0 Å². The van der Waals surface area contributed by atoms with E-state index in [9.17, 15) is 0 Å². The van der Waals surface area contributed by atoms with Gasteiger partial charge in [0.25, 0.3) is 0 Å². The molecule has 0 aliphatic carbocycles. The molecule has 1 aromatic carbocycles. The van der Waals surface area contributed by atoms with Gasteiger partial charge >= 0.3 is 0 Å². The Kier molecular flexibility index (Phi) is 4.88. The fourth-order valence-electron chi connectivity index (χ4n) is 1.69. The molecule has 94 valence electrons. The first kappa shape index (κ1) is 13.4. The maximum atomic E-state index is 5.96. The van der Waals surface area contributed by atoms with E-state index >= 15 is 0 Å². The highest BCUT2D eigenvalue weighted by Crippen LogP contribution is 2.28. The van der Waals surface area contributed by atoms with Crippen molar-refractivity contribution in [3.05, 3.63) is 29.5 Å². The van der Waals surface area contributed by atoms with E-state index in [1.54, 1.807) is 14.2 Å². The average molecular weight is 235 g/mol. The Labute approximate surface area is 103 Å². The molecule has 2 N–H and O–H groups in total. The van der Waals surface area contributed by atoms with Crippen molar-refractivity contribution in [2.24, 2.45) is 11.7 Å². The SMILES string of the molecule is COc1ccc(C=C(N)CC(C)C)cc1OC. The summed E-state index contributed by atoms with van der Waals surface area (Å²) in [5, 5.41) is 0. The predicted octanol–water partition coefficient (Wildman–Crippen LogP) is 3.05. The molecule has 0 aliphatic heterocycles. The average Bonchev–Trinajstić information content (AvgIpc) is 2.27. The van der Waals surface area contributed by atoms with Gasteiger partial charge in [0.15, 0.2) is 11.5 Å². The summed E-state index contributed by atoms with van der Waals surface area (Å²) >= 11 is 0. The van der Waals surface area contributed by atoms with Crippen LogP contribution in [0.5, 0.6) is 11.5 Å². The Morgan fingerprint density at radius 3 is 2.41 bits per heavy atom. The number of benzene rings is 1. The van der Waals surface area contributed by atoms with Crippen molar-refractivity contribution in [3.8, 4) is 11.5 Å². The smallest absolute Gasteiger partial charge is 0.161 e. The Bertz CT molecular complexity index is 397. The number of rotatable bonds is 5. The molecule has 0 amide bonds. The van der Waals surface area contributed by atoms with E-state index in [1.165, 1.54) is 0 Å². The Morgan fingerprint density at radius 1 is 1.24 bits per heavy atom. The summed E-state index contributed by atoms with van der Waals surface area (Å²) in [7, 11) is 3.25. The summed E-state index contributed by atoms with van der Waals surface area (Å²) < 4.78 is 10.4. The van der Waals surface area contributed by atoms with Crippen molar-refractivity contribution < 1.29 is 9.47 Å². The first-order chi connectivity index (χ1) is 8.06. The molecule has 0 atom stereocenters. The molecule has 0 aliphatic rings. The molecule has 0 heterocycles. The topological polar surface area (TPSA) is 44.5 Å². The molecule has 0 unspecified atom stereocenters. The van der Waals surface area contributed by atoms with Gasteiger partial charge in [0.05, 0.1) is 14.2 Å². The van der Waals surface area contributed by atoms with Gasteiger partial charge in [-0.3, -0.25) is 0 Å². The van der Waals surface area contributed by atoms with Crippen molar-refractivity contribution in [1.82, 2.24) is 0 Å². The third kappa shape index (κ3) is 4.02. The van der Waals surface area contributed by atoms with Gasteiger partial charge in [-0.25, -0.2) is 0 Å². The second kappa shape index (κ2) is 6.18. The van der Waals surface area contributed by atoms with E-state index in [2.05, 4.69) is 13.8 Å². The predicted molar refractivity (Wildman–Crippen MR) is 71.2 cm³/mol. The quantitative estimate of drug-likeness (QED) is 0.853. The number of hydrogen-bond acceptors (Lipinski definition) is 3. The van der Waals surface area contributed by atoms with Crippen LogP contribution in [0, 0.1) is 5.92 Å². The molecule has 0 fully saturated rings. The molecule has 17 heavy (non-hydrogen) atoms. The van der Waals surface area contributed by atoms with Crippen LogP contribution in [0.3, 0.4) is 0 Å². The molecule has 0 aromatic heterocycles. The molecule has 0 saturated heterocycles. The molecular weight excluding hydrogens is 214 g/mol. The molecule has 0 spiro atoms. The van der Waals surface area contributed by atoms with Crippen molar-refractivity contribution in [2.45, 2.75) is 20.3 Å². The Hall–Kier alpha value is -1.64. The molecule has 1 rings (SSSR count). The van der Waals surface area contributed by atoms with E-state index < -0.39 is 0 Å². The van der Waals surface area contributed by atoms with Crippen LogP contribution in [0.15, 0.2) is 23.9 Å². The third-order valence-corrected chi connectivity index (χ3v) is 2.40. The second-order valence-electron chi connectivity index (χ2n) is 4.43. The van der Waals surface area contributed by atoms with Gasteiger partial charge in [0.1, 0.15) is 0 Å². The lowest BCUT2D eigenvalue weighted by Crippen LogP contribution is -2.01. The van der Waals surface area contributed by atoms with Gasteiger partial charge in [-0.2, -0.15) is 0 Å². The summed E-state index contributed by atoms with van der Waals surface area (Å²) in [5.41, 5.74) is 7.87. The normalized spacial score (nSPS) is 11.7. The van der Waals surface area contributed by atoms with Gasteiger partial charge in [-0.1, -0.05) is 19.9 Å². The second-order valence-corrected chi connectivity index (χ2v) is 4.43. The summed E-state index contributed by atoms with van der Waals surface area (Å²) in [6, 6.07) is 5.77. The monoisotopic (exact) mass is 235 g/mol. The van der Waals surface area contributed by atoms with Crippen LogP contribution in [0.2, 0.25) is 0 Å². The minimum Gasteiger partial charge on any atom is -0.493 e. The number of nitrogens with two attached hydrogens (primary N) is 1. The molecular formula is C14H21NO2. The summed E-state index contributed by atoms with van der Waals surface area (Å²) in [4.78, 5) is 0. The molecule has 1 aromatic rings. The van der Waals surface area contributed by atoms with E-state index in [1.807, 2.05) is 24.3 Å². The van der Waals surface area contributed by atoms with Crippen molar-refractivity contribution in [2.75, 3.05) is 14.2 Å². The van der Waals surface area contributed by atoms with Gasteiger partial charge in [-0.05, 0) is 36.1 Å². The minimum absolute atomic E-state index is 0.561. The van der Waals surface area contributed by atoms with E-state index in [-0.39, 0.29) is 0 Å². The number of methoxy groups -OCH3 is 2. The number of allylic oxidation sites excluding steroid dienone is 1. The lowest BCUT2D eigenvalue weighted by atomic mass is 10.1. The van der Waals surface area contributed by atoms with Crippen molar-refractivity contribution >= 4 is 6.08 Å². The molecule has 0 bridgehead atoms. The lowest BCUT2D eigenvalue weighted by molar-refractivity contribution is 0.355. The van der Waals surface area contributed by atoms with Gasteiger partial charge in [0, 0.05) is 5.70 Å². The molecule has 0 radical (unpaired) electrons. The number of hydrogen-bond donors (Lipinski definition) is 1. The minimum atomic E-state index is 0.561. The highest BCUT2D eigenvalue weighted by Gasteiger charge is 2.04. The first-order valence-electron chi connectivity index (χ1n) is 5.75. The molecule has 3 heteroatoms. The van der Waals surface area contributed by atoms with Crippen LogP contribution in [0.1, 0.15) is 25.8 Å². The van der Waals surface area contributed by atoms with E-state index in [0.717, 1.165) is 29.2 Å². The summed E-state index contributed by atoms with van der Waals surface area (Å²) in [5.74, 6) is 2.01. The Morgan fingerprint density at radius 2 is 1.88 bits per heavy atom. The largest absolute Gasteiger partial charge is 0.493 e. The fourth-order valence-corrected chi connectivity index (χ4v) is 1.69. The van der Waals surface area contributed by atoms with Crippen molar-refractivity contribution in [1.29, 1.82) is 0 Å². The van der Waals surface area contributed by atoms with E-state index in [4.69, 9.17) is 15.2 Å². The highest BCUT2D eigenvalue weighted by molar-refractivity contribution is 5.57. The Balaban J connectivity index is 2.92. The van der Waals surface area contributed by atoms with Crippen LogP contribution in [0.4, 0.5) is 0 Å². The number of ether oxygens (including phenoxy) is 2. The summed E-state index contributed by atoms with van der Waals surface area (Å²) in [6.07, 6.45) is 2.87. The van der Waals surface area contributed by atoms with Gasteiger partial charge < -0.3 is 15.2 Å². The van der Waals surface area contributed by atoms with Crippen LogP contribution in [0.25, 0.3) is 6.08 Å². The maximum Gasteiger partial charge on any atom is 0.161 e. The first-order valence-corrected chi connectivity index (χ1v) is 5.75. The van der Waals surface area contributed by atoms with Gasteiger partial charge in [-0.15, -0.1) is 0 Å². The third-order valence-electron chi connectivity index (χ3n) is 2.40. The standard InChI is InChI=1S/C14H21NO2/c1-10(2)7-12(15)8-11-5-6-13(16-3)14(9-11)17-4/h5-6,8-10H,7,15H2,1-4H3. The highest BCUT2D eigenvalue weighted by atomic mass is 16.5. The zero-order valence-corrected chi connectivity index (χ0v) is 11.0. The van der Waals surface area contributed by atoms with Crippen molar-refractivity contribution in [3.63, 3.8) is 0 Å². The van der Waals surface area contributed by atoms with E-state index in [0.29, 0.717) is 5.92 Å². The molecule has 3 nitrogen and oxygen atoms in total. The maximum absolute atomic E-state index is 5.96. The molecule has 0 saturated carbocycles. The van der Waals surface area contributed by atoms with Crippen LogP contribution in [-0.4, -0.2) is 14.2 Å². The zero-order chi connectivity index (χ0) is 12.8.